The van der Waals surface area contributed by atoms with Crippen molar-refractivity contribution in [2.75, 3.05) is 38.2 Å². The average molecular weight is 376 g/mol. The van der Waals surface area contributed by atoms with Crippen LogP contribution in [-0.2, 0) is 4.74 Å². The lowest BCUT2D eigenvalue weighted by Gasteiger charge is -2.34. The normalized spacial score (nSPS) is 16.0. The molecule has 2 N–H and O–H groups in total. The third-order valence-corrected chi connectivity index (χ3v) is 5.10. The number of morpholine rings is 1. The van der Waals surface area contributed by atoms with E-state index in [0.29, 0.717) is 25.4 Å². The number of amides is 2. The Balaban J connectivity index is 1.60. The fraction of sp³-hybridized carbons (Fsp3) is 0.353. The number of hydrogen-bond donors (Lipinski definition) is 2. The molecular weight excluding hydrogens is 356 g/mol. The first-order valence-corrected chi connectivity index (χ1v) is 9.16. The van der Waals surface area contributed by atoms with Crippen LogP contribution in [-0.4, -0.2) is 48.7 Å². The molecule has 9 heteroatoms. The van der Waals surface area contributed by atoms with E-state index < -0.39 is 4.92 Å². The van der Waals surface area contributed by atoms with Crippen LogP contribution in [0.5, 0.6) is 0 Å². The Morgan fingerprint density at radius 3 is 2.81 bits per heavy atom. The minimum Gasteiger partial charge on any atom is -0.379 e. The zero-order valence-electron chi connectivity index (χ0n) is 14.1. The Kier molecular flexibility index (Phi) is 6.16. The van der Waals surface area contributed by atoms with E-state index >= 15 is 0 Å². The molecule has 1 aromatic carbocycles. The second kappa shape index (κ2) is 8.75. The third-order valence-electron chi connectivity index (χ3n) is 4.13. The Morgan fingerprint density at radius 2 is 2.12 bits per heavy atom. The molecule has 0 spiro atoms. The second-order valence-electron chi connectivity index (χ2n) is 5.82. The van der Waals surface area contributed by atoms with Gasteiger partial charge in [-0.05, 0) is 17.5 Å². The smallest absolute Gasteiger partial charge is 0.319 e. The maximum atomic E-state index is 12.2. The van der Waals surface area contributed by atoms with Crippen molar-refractivity contribution >= 4 is 28.7 Å². The number of thiophene rings is 1. The molecular formula is C17H20N4O4S. The Labute approximate surface area is 154 Å². The molecule has 1 atom stereocenters. The van der Waals surface area contributed by atoms with Crippen molar-refractivity contribution in [3.63, 3.8) is 0 Å². The van der Waals surface area contributed by atoms with E-state index in [-0.39, 0.29) is 17.8 Å². The second-order valence-corrected chi connectivity index (χ2v) is 6.80. The lowest BCUT2D eigenvalue weighted by atomic mass is 10.2. The number of hydrogen-bond acceptors (Lipinski definition) is 6. The van der Waals surface area contributed by atoms with E-state index in [2.05, 4.69) is 21.6 Å². The number of non-ortho nitro benzene ring substituents is 1. The third kappa shape index (κ3) is 4.78. The van der Waals surface area contributed by atoms with Crippen LogP contribution in [0.2, 0.25) is 0 Å². The van der Waals surface area contributed by atoms with Crippen LogP contribution in [0.15, 0.2) is 41.8 Å². The summed E-state index contributed by atoms with van der Waals surface area (Å²) in [5, 5.41) is 18.4. The van der Waals surface area contributed by atoms with Gasteiger partial charge in [0.1, 0.15) is 0 Å². The zero-order chi connectivity index (χ0) is 18.4. The maximum absolute atomic E-state index is 12.2. The molecule has 0 unspecified atom stereocenters. The molecule has 1 aromatic heterocycles. The van der Waals surface area contributed by atoms with E-state index in [4.69, 9.17) is 4.74 Å². The summed E-state index contributed by atoms with van der Waals surface area (Å²) >= 11 is 1.66. The molecule has 2 aromatic rings. The molecule has 0 saturated carbocycles. The van der Waals surface area contributed by atoms with Crippen LogP contribution in [0.1, 0.15) is 10.9 Å². The topological polar surface area (TPSA) is 96.7 Å². The quantitative estimate of drug-likeness (QED) is 0.597. The first-order chi connectivity index (χ1) is 12.6. The molecule has 1 aliphatic rings. The van der Waals surface area contributed by atoms with Gasteiger partial charge in [-0.2, -0.15) is 0 Å². The van der Waals surface area contributed by atoms with Gasteiger partial charge >= 0.3 is 6.03 Å². The standard InChI is InChI=1S/C17H20N4O4S/c22-17(19-13-3-1-4-14(11-13)21(23)24)18-12-15(16-5-2-10-26-16)20-6-8-25-9-7-20/h1-5,10-11,15H,6-9,12H2,(H2,18,19,22)/t15-/m1/s1. The van der Waals surface area contributed by atoms with Crippen molar-refractivity contribution in [3.05, 3.63) is 56.8 Å². The number of carbonyl (C=O) groups excluding carboxylic acids is 1. The maximum Gasteiger partial charge on any atom is 0.319 e. The molecule has 8 nitrogen and oxygen atoms in total. The highest BCUT2D eigenvalue weighted by atomic mass is 32.1. The molecule has 3 rings (SSSR count). The van der Waals surface area contributed by atoms with Crippen LogP contribution in [0.4, 0.5) is 16.2 Å². The lowest BCUT2D eigenvalue weighted by Crippen LogP contribution is -2.44. The van der Waals surface area contributed by atoms with Crippen LogP contribution >= 0.6 is 11.3 Å². The van der Waals surface area contributed by atoms with Gasteiger partial charge in [-0.1, -0.05) is 12.1 Å². The minimum absolute atomic E-state index is 0.0624. The predicted octanol–water partition coefficient (Wildman–Crippen LogP) is 2.85. The molecule has 1 fully saturated rings. The van der Waals surface area contributed by atoms with Crippen LogP contribution in [0.25, 0.3) is 0 Å². The van der Waals surface area contributed by atoms with E-state index in [1.165, 1.54) is 23.1 Å². The summed E-state index contributed by atoms with van der Waals surface area (Å²) in [6.07, 6.45) is 0. The van der Waals surface area contributed by atoms with Gasteiger partial charge in [0.15, 0.2) is 0 Å². The van der Waals surface area contributed by atoms with Gasteiger partial charge in [0, 0.05) is 42.3 Å². The highest BCUT2D eigenvalue weighted by Crippen LogP contribution is 2.25. The van der Waals surface area contributed by atoms with Crippen LogP contribution < -0.4 is 10.6 Å². The monoisotopic (exact) mass is 376 g/mol. The van der Waals surface area contributed by atoms with Gasteiger partial charge in [0.05, 0.1) is 24.2 Å². The number of rotatable bonds is 6. The van der Waals surface area contributed by atoms with Gasteiger partial charge in [-0.25, -0.2) is 4.79 Å². The van der Waals surface area contributed by atoms with E-state index in [9.17, 15) is 14.9 Å². The molecule has 0 aliphatic carbocycles. The molecule has 2 heterocycles. The number of nitro benzene ring substituents is 1. The number of carbonyl (C=O) groups is 1. The number of ether oxygens (including phenoxy) is 1. The van der Waals surface area contributed by atoms with Gasteiger partial charge in [-0.15, -0.1) is 11.3 Å². The fourth-order valence-electron chi connectivity index (χ4n) is 2.84. The fourth-order valence-corrected chi connectivity index (χ4v) is 3.70. The van der Waals surface area contributed by atoms with E-state index in [1.807, 2.05) is 11.4 Å². The predicted molar refractivity (Wildman–Crippen MR) is 99.6 cm³/mol. The summed E-state index contributed by atoms with van der Waals surface area (Å²) < 4.78 is 5.41. The molecule has 2 amide bonds. The SMILES string of the molecule is O=C(NC[C@H](c1cccs1)N1CCOCC1)Nc1cccc([N+](=O)[O-])c1. The largest absolute Gasteiger partial charge is 0.379 e. The summed E-state index contributed by atoms with van der Waals surface area (Å²) in [6.45, 7) is 3.44. The highest BCUT2D eigenvalue weighted by molar-refractivity contribution is 7.10. The lowest BCUT2D eigenvalue weighted by molar-refractivity contribution is -0.384. The Bertz CT molecular complexity index is 747. The van der Waals surface area contributed by atoms with Gasteiger partial charge in [0.2, 0.25) is 0 Å². The molecule has 0 radical (unpaired) electrons. The minimum atomic E-state index is -0.492. The average Bonchev–Trinajstić information content (AvgIpc) is 3.17. The summed E-state index contributed by atoms with van der Waals surface area (Å²) in [5.74, 6) is 0. The van der Waals surface area contributed by atoms with Crippen molar-refractivity contribution in [1.82, 2.24) is 10.2 Å². The van der Waals surface area contributed by atoms with Crippen molar-refractivity contribution in [1.29, 1.82) is 0 Å². The van der Waals surface area contributed by atoms with Crippen LogP contribution in [0, 0.1) is 10.1 Å². The number of anilines is 1. The van der Waals surface area contributed by atoms with Crippen molar-refractivity contribution in [2.24, 2.45) is 0 Å². The van der Waals surface area contributed by atoms with Crippen molar-refractivity contribution in [3.8, 4) is 0 Å². The Hall–Kier alpha value is -2.49. The molecule has 0 bridgehead atoms. The van der Waals surface area contributed by atoms with Gasteiger partial charge in [0.25, 0.3) is 5.69 Å². The van der Waals surface area contributed by atoms with E-state index in [0.717, 1.165) is 13.1 Å². The summed E-state index contributed by atoms with van der Waals surface area (Å²) in [5.41, 5.74) is 0.323. The number of nitrogens with one attached hydrogen (secondary N) is 2. The van der Waals surface area contributed by atoms with Gasteiger partial charge in [-0.3, -0.25) is 15.0 Å². The molecule has 1 saturated heterocycles. The number of urea groups is 1. The van der Waals surface area contributed by atoms with E-state index in [1.54, 1.807) is 17.4 Å². The van der Waals surface area contributed by atoms with Crippen molar-refractivity contribution < 1.29 is 14.5 Å². The highest BCUT2D eigenvalue weighted by Gasteiger charge is 2.24. The zero-order valence-corrected chi connectivity index (χ0v) is 14.9. The van der Waals surface area contributed by atoms with Crippen LogP contribution in [0.3, 0.4) is 0 Å². The number of nitro groups is 1. The first kappa shape index (κ1) is 18.3. The Morgan fingerprint density at radius 1 is 1.31 bits per heavy atom. The number of benzene rings is 1. The number of nitrogens with zero attached hydrogens (tertiary/aromatic N) is 2. The van der Waals surface area contributed by atoms with Crippen molar-refractivity contribution in [2.45, 2.75) is 6.04 Å². The summed E-state index contributed by atoms with van der Waals surface area (Å²) in [7, 11) is 0. The first-order valence-electron chi connectivity index (χ1n) is 8.28. The molecule has 26 heavy (non-hydrogen) atoms. The summed E-state index contributed by atoms with van der Waals surface area (Å²) in [6, 6.07) is 9.62. The molecule has 1 aliphatic heterocycles. The van der Waals surface area contributed by atoms with Gasteiger partial charge < -0.3 is 15.4 Å². The summed E-state index contributed by atoms with van der Waals surface area (Å²) in [4.78, 5) is 26.0. The molecule has 138 valence electrons.